The van der Waals surface area contributed by atoms with Gasteiger partial charge in [-0.25, -0.2) is 0 Å². The molecule has 1 saturated carbocycles. The van der Waals surface area contributed by atoms with Crippen molar-refractivity contribution in [2.75, 3.05) is 5.32 Å². The van der Waals surface area contributed by atoms with E-state index in [1.165, 1.54) is 0 Å². The number of carbonyl (C=O) groups excluding carboxylic acids is 2. The van der Waals surface area contributed by atoms with E-state index in [-0.39, 0.29) is 11.8 Å². The Kier molecular flexibility index (Phi) is 4.15. The van der Waals surface area contributed by atoms with Gasteiger partial charge in [-0.15, -0.1) is 0 Å². The predicted octanol–water partition coefficient (Wildman–Crippen LogP) is 3.45. The fraction of sp³-hybridized carbons (Fsp3) is 0.263. The lowest BCUT2D eigenvalue weighted by molar-refractivity contribution is 0.0949. The van der Waals surface area contributed by atoms with Crippen LogP contribution in [0.15, 0.2) is 42.5 Å². The van der Waals surface area contributed by atoms with Gasteiger partial charge in [-0.2, -0.15) is 0 Å². The van der Waals surface area contributed by atoms with E-state index >= 15 is 0 Å². The second-order valence-corrected chi connectivity index (χ2v) is 6.10. The summed E-state index contributed by atoms with van der Waals surface area (Å²) in [4.78, 5) is 24.5. The van der Waals surface area contributed by atoms with Crippen molar-refractivity contribution in [3.8, 4) is 0 Å². The lowest BCUT2D eigenvalue weighted by Gasteiger charge is -2.10. The molecule has 1 aliphatic rings. The first-order valence-electron chi connectivity index (χ1n) is 7.82. The third-order valence-corrected chi connectivity index (χ3v) is 3.92. The second kappa shape index (κ2) is 6.24. The fourth-order valence-electron chi connectivity index (χ4n) is 2.50. The highest BCUT2D eigenvalue weighted by atomic mass is 16.2. The molecule has 1 fully saturated rings. The van der Waals surface area contributed by atoms with Gasteiger partial charge in [0.05, 0.1) is 0 Å². The third-order valence-electron chi connectivity index (χ3n) is 3.92. The predicted molar refractivity (Wildman–Crippen MR) is 90.8 cm³/mol. The Morgan fingerprint density at radius 3 is 2.48 bits per heavy atom. The number of nitrogens with one attached hydrogen (secondary N) is 2. The van der Waals surface area contributed by atoms with Crippen molar-refractivity contribution >= 4 is 17.5 Å². The third kappa shape index (κ3) is 3.77. The van der Waals surface area contributed by atoms with Gasteiger partial charge in [0, 0.05) is 22.9 Å². The summed E-state index contributed by atoms with van der Waals surface area (Å²) in [5.74, 6) is -0.252. The number of rotatable bonds is 4. The summed E-state index contributed by atoms with van der Waals surface area (Å²) in [7, 11) is 0. The Labute approximate surface area is 135 Å². The number of amides is 2. The summed E-state index contributed by atoms with van der Waals surface area (Å²) in [6.45, 7) is 3.91. The van der Waals surface area contributed by atoms with Gasteiger partial charge in [0.25, 0.3) is 11.8 Å². The number of carbonyl (C=O) groups is 2. The second-order valence-electron chi connectivity index (χ2n) is 6.10. The molecule has 0 bridgehead atoms. The van der Waals surface area contributed by atoms with Crippen LogP contribution >= 0.6 is 0 Å². The molecule has 0 aliphatic heterocycles. The van der Waals surface area contributed by atoms with Gasteiger partial charge in [0.1, 0.15) is 0 Å². The minimum atomic E-state index is -0.165. The van der Waals surface area contributed by atoms with Gasteiger partial charge in [-0.1, -0.05) is 23.8 Å². The summed E-state index contributed by atoms with van der Waals surface area (Å²) < 4.78 is 0. The summed E-state index contributed by atoms with van der Waals surface area (Å²) in [6, 6.07) is 13.1. The molecule has 118 valence electrons. The summed E-state index contributed by atoms with van der Waals surface area (Å²) in [5, 5.41) is 5.81. The van der Waals surface area contributed by atoms with Crippen LogP contribution in [0.25, 0.3) is 0 Å². The molecule has 4 heteroatoms. The normalized spacial score (nSPS) is 13.5. The molecule has 1 aliphatic carbocycles. The van der Waals surface area contributed by atoms with Crippen LogP contribution in [0, 0.1) is 13.8 Å². The van der Waals surface area contributed by atoms with E-state index in [1.807, 2.05) is 32.0 Å². The van der Waals surface area contributed by atoms with E-state index in [2.05, 4.69) is 10.6 Å². The Hall–Kier alpha value is -2.62. The van der Waals surface area contributed by atoms with Crippen molar-refractivity contribution in [1.29, 1.82) is 0 Å². The van der Waals surface area contributed by atoms with Gasteiger partial charge in [0.15, 0.2) is 0 Å². The van der Waals surface area contributed by atoms with Crippen molar-refractivity contribution in [2.45, 2.75) is 32.7 Å². The van der Waals surface area contributed by atoms with Gasteiger partial charge >= 0.3 is 0 Å². The molecule has 0 aromatic heterocycles. The maximum Gasteiger partial charge on any atom is 0.255 e. The van der Waals surface area contributed by atoms with E-state index in [1.54, 1.807) is 24.3 Å². The van der Waals surface area contributed by atoms with Crippen LogP contribution in [0.3, 0.4) is 0 Å². The van der Waals surface area contributed by atoms with Crippen molar-refractivity contribution in [3.05, 3.63) is 64.7 Å². The molecule has 4 nitrogen and oxygen atoms in total. The first-order valence-corrected chi connectivity index (χ1v) is 7.82. The molecule has 0 unspecified atom stereocenters. The first kappa shape index (κ1) is 15.3. The molecular formula is C19H20N2O2. The van der Waals surface area contributed by atoms with E-state index in [0.29, 0.717) is 22.9 Å². The largest absolute Gasteiger partial charge is 0.349 e. The van der Waals surface area contributed by atoms with Crippen LogP contribution in [0.4, 0.5) is 5.69 Å². The van der Waals surface area contributed by atoms with Gasteiger partial charge in [0.2, 0.25) is 0 Å². The zero-order chi connectivity index (χ0) is 16.4. The monoisotopic (exact) mass is 308 g/mol. The highest BCUT2D eigenvalue weighted by molar-refractivity contribution is 6.06. The number of hydrogen-bond donors (Lipinski definition) is 2. The molecule has 2 aromatic carbocycles. The Bertz CT molecular complexity index is 764. The van der Waals surface area contributed by atoms with Gasteiger partial charge in [-0.3, -0.25) is 9.59 Å². The maximum atomic E-state index is 12.4. The molecule has 23 heavy (non-hydrogen) atoms. The lowest BCUT2D eigenvalue weighted by Crippen LogP contribution is -2.25. The number of hydrogen-bond acceptors (Lipinski definition) is 2. The Balaban J connectivity index is 1.74. The molecule has 2 aromatic rings. The molecule has 0 atom stereocenters. The van der Waals surface area contributed by atoms with Crippen LogP contribution in [-0.4, -0.2) is 17.9 Å². The summed E-state index contributed by atoms with van der Waals surface area (Å²) >= 11 is 0. The molecular weight excluding hydrogens is 288 g/mol. The smallest absolute Gasteiger partial charge is 0.255 e. The van der Waals surface area contributed by atoms with Crippen LogP contribution in [0.5, 0.6) is 0 Å². The van der Waals surface area contributed by atoms with Gasteiger partial charge < -0.3 is 10.6 Å². The molecule has 3 rings (SSSR count). The number of anilines is 1. The minimum Gasteiger partial charge on any atom is -0.349 e. The first-order chi connectivity index (χ1) is 11.0. The molecule has 0 spiro atoms. The molecule has 0 saturated heterocycles. The van der Waals surface area contributed by atoms with E-state index in [9.17, 15) is 9.59 Å². The topological polar surface area (TPSA) is 58.2 Å². The van der Waals surface area contributed by atoms with E-state index < -0.39 is 0 Å². The average molecular weight is 308 g/mol. The Morgan fingerprint density at radius 1 is 1.00 bits per heavy atom. The summed E-state index contributed by atoms with van der Waals surface area (Å²) in [5.41, 5.74) is 3.89. The minimum absolute atomic E-state index is 0.0879. The van der Waals surface area contributed by atoms with Crippen LogP contribution in [0.1, 0.15) is 44.7 Å². The highest BCUT2D eigenvalue weighted by Crippen LogP contribution is 2.20. The molecule has 2 amide bonds. The van der Waals surface area contributed by atoms with Crippen molar-refractivity contribution in [2.24, 2.45) is 0 Å². The fourth-order valence-corrected chi connectivity index (χ4v) is 2.50. The number of aryl methyl sites for hydroxylation is 2. The molecule has 2 N–H and O–H groups in total. The SMILES string of the molecule is Cc1ccc(C(=O)Nc2cccc(C(=O)NC3CC3)c2)c(C)c1. The average Bonchev–Trinajstić information content (AvgIpc) is 3.31. The Morgan fingerprint density at radius 2 is 1.78 bits per heavy atom. The van der Waals surface area contributed by atoms with Crippen LogP contribution < -0.4 is 10.6 Å². The van der Waals surface area contributed by atoms with E-state index in [4.69, 9.17) is 0 Å². The summed E-state index contributed by atoms with van der Waals surface area (Å²) in [6.07, 6.45) is 2.10. The maximum absolute atomic E-state index is 12.4. The van der Waals surface area contributed by atoms with Crippen molar-refractivity contribution in [3.63, 3.8) is 0 Å². The van der Waals surface area contributed by atoms with E-state index in [0.717, 1.165) is 24.0 Å². The molecule has 0 radical (unpaired) electrons. The van der Waals surface area contributed by atoms with Crippen molar-refractivity contribution < 1.29 is 9.59 Å². The zero-order valence-corrected chi connectivity index (χ0v) is 13.3. The van der Waals surface area contributed by atoms with Crippen LogP contribution in [-0.2, 0) is 0 Å². The lowest BCUT2D eigenvalue weighted by atomic mass is 10.0. The molecule has 0 heterocycles. The standard InChI is InChI=1S/C19H20N2O2/c1-12-6-9-17(13(2)10-12)19(23)21-16-5-3-4-14(11-16)18(22)20-15-7-8-15/h3-6,9-11,15H,7-8H2,1-2H3,(H,20,22)(H,21,23). The van der Waals surface area contributed by atoms with Gasteiger partial charge in [-0.05, 0) is 56.5 Å². The zero-order valence-electron chi connectivity index (χ0n) is 13.3. The quantitative estimate of drug-likeness (QED) is 0.909. The number of benzene rings is 2. The van der Waals surface area contributed by atoms with Crippen LogP contribution in [0.2, 0.25) is 0 Å². The highest BCUT2D eigenvalue weighted by Gasteiger charge is 2.23. The van der Waals surface area contributed by atoms with Crippen molar-refractivity contribution in [1.82, 2.24) is 5.32 Å².